The van der Waals surface area contributed by atoms with Gasteiger partial charge in [-0.2, -0.15) is 4.31 Å². The third kappa shape index (κ3) is 6.04. The predicted octanol–water partition coefficient (Wildman–Crippen LogP) is -0.748. The number of sulfonamides is 1. The number of amides is 1. The van der Waals surface area contributed by atoms with Crippen molar-refractivity contribution >= 4 is 15.9 Å². The van der Waals surface area contributed by atoms with Gasteiger partial charge in [-0.25, -0.2) is 8.42 Å². The molecule has 4 N–H and O–H groups in total. The first-order valence-corrected chi connectivity index (χ1v) is 7.01. The first kappa shape index (κ1) is 15.3. The molecule has 0 unspecified atom stereocenters. The van der Waals surface area contributed by atoms with Gasteiger partial charge in [0, 0.05) is 6.54 Å². The molecule has 1 amide bonds. The van der Waals surface area contributed by atoms with Gasteiger partial charge in [-0.1, -0.05) is 13.3 Å². The monoisotopic (exact) mass is 251 g/mol. The van der Waals surface area contributed by atoms with Crippen LogP contribution in [0.5, 0.6) is 0 Å². The molecule has 0 saturated carbocycles. The van der Waals surface area contributed by atoms with Crippen LogP contribution in [-0.4, -0.2) is 44.0 Å². The molecule has 0 spiro atoms. The number of carbonyl (C=O) groups excluding carboxylic acids is 1. The van der Waals surface area contributed by atoms with E-state index in [4.69, 9.17) is 11.5 Å². The summed E-state index contributed by atoms with van der Waals surface area (Å²) in [5.74, 6) is -0.659. The van der Waals surface area contributed by atoms with E-state index in [-0.39, 0.29) is 12.3 Å². The Hall–Kier alpha value is -0.660. The van der Waals surface area contributed by atoms with Crippen molar-refractivity contribution < 1.29 is 13.2 Å². The van der Waals surface area contributed by atoms with E-state index in [1.807, 2.05) is 6.92 Å². The molecule has 0 fully saturated rings. The zero-order chi connectivity index (χ0) is 12.6. The zero-order valence-corrected chi connectivity index (χ0v) is 10.5. The van der Waals surface area contributed by atoms with Crippen molar-refractivity contribution in [2.75, 3.05) is 25.4 Å². The van der Waals surface area contributed by atoms with Crippen LogP contribution in [0.2, 0.25) is 0 Å². The largest absolute Gasteiger partial charge is 0.369 e. The number of hydrogen-bond donors (Lipinski definition) is 2. The van der Waals surface area contributed by atoms with Gasteiger partial charge in [-0.15, -0.1) is 0 Å². The lowest BCUT2D eigenvalue weighted by Gasteiger charge is -2.20. The minimum Gasteiger partial charge on any atom is -0.369 e. The molecule has 0 bridgehead atoms. The van der Waals surface area contributed by atoms with Crippen molar-refractivity contribution in [1.82, 2.24) is 4.31 Å². The average Bonchev–Trinajstić information content (AvgIpc) is 2.20. The maximum atomic E-state index is 11.8. The van der Waals surface area contributed by atoms with E-state index in [1.54, 1.807) is 0 Å². The Morgan fingerprint density at radius 1 is 1.31 bits per heavy atom. The van der Waals surface area contributed by atoms with Crippen molar-refractivity contribution in [3.63, 3.8) is 0 Å². The molecule has 0 rings (SSSR count). The Morgan fingerprint density at radius 3 is 2.38 bits per heavy atom. The summed E-state index contributed by atoms with van der Waals surface area (Å²) in [6.45, 7) is 2.37. The highest BCUT2D eigenvalue weighted by Crippen LogP contribution is 2.05. The van der Waals surface area contributed by atoms with Gasteiger partial charge >= 0.3 is 0 Å². The molecular formula is C9H21N3O3S. The minimum atomic E-state index is -3.40. The second-order valence-electron chi connectivity index (χ2n) is 3.61. The Kier molecular flexibility index (Phi) is 7.27. The second-order valence-corrected chi connectivity index (χ2v) is 5.70. The molecule has 0 atom stereocenters. The summed E-state index contributed by atoms with van der Waals surface area (Å²) >= 11 is 0. The van der Waals surface area contributed by atoms with Crippen molar-refractivity contribution in [2.24, 2.45) is 11.5 Å². The molecule has 0 aromatic heterocycles. The van der Waals surface area contributed by atoms with Gasteiger partial charge in [-0.3, -0.25) is 4.79 Å². The van der Waals surface area contributed by atoms with Gasteiger partial charge < -0.3 is 11.5 Å². The molecule has 0 aliphatic carbocycles. The fraction of sp³-hybridized carbons (Fsp3) is 0.889. The van der Waals surface area contributed by atoms with Crippen LogP contribution >= 0.6 is 0 Å². The molecule has 7 heteroatoms. The van der Waals surface area contributed by atoms with Crippen LogP contribution in [0, 0.1) is 0 Å². The van der Waals surface area contributed by atoms with Gasteiger partial charge in [0.2, 0.25) is 15.9 Å². The quantitative estimate of drug-likeness (QED) is 0.562. The Balaban J connectivity index is 4.52. The van der Waals surface area contributed by atoms with Crippen molar-refractivity contribution in [1.29, 1.82) is 0 Å². The van der Waals surface area contributed by atoms with Crippen LogP contribution < -0.4 is 11.5 Å². The molecule has 16 heavy (non-hydrogen) atoms. The molecule has 0 aliphatic rings. The Bertz CT molecular complexity index is 303. The lowest BCUT2D eigenvalue weighted by atomic mass is 10.3. The number of nitrogens with zero attached hydrogens (tertiary/aromatic N) is 1. The Labute approximate surface area is 97.0 Å². The van der Waals surface area contributed by atoms with Gasteiger partial charge in [0.05, 0.1) is 12.3 Å². The highest BCUT2D eigenvalue weighted by molar-refractivity contribution is 7.89. The first-order chi connectivity index (χ1) is 7.44. The molecule has 0 heterocycles. The number of primary amides is 1. The predicted molar refractivity (Wildman–Crippen MR) is 63.1 cm³/mol. The SMILES string of the molecule is CCCCN(CC(N)=O)S(=O)(=O)CCCN. The fourth-order valence-corrected chi connectivity index (χ4v) is 2.74. The van der Waals surface area contributed by atoms with E-state index in [0.29, 0.717) is 19.5 Å². The van der Waals surface area contributed by atoms with E-state index in [1.165, 1.54) is 0 Å². The lowest BCUT2D eigenvalue weighted by Crippen LogP contribution is -2.40. The molecule has 6 nitrogen and oxygen atoms in total. The summed E-state index contributed by atoms with van der Waals surface area (Å²) in [4.78, 5) is 10.8. The van der Waals surface area contributed by atoms with E-state index in [9.17, 15) is 13.2 Å². The Morgan fingerprint density at radius 2 is 1.94 bits per heavy atom. The van der Waals surface area contributed by atoms with E-state index in [2.05, 4.69) is 0 Å². The topological polar surface area (TPSA) is 106 Å². The van der Waals surface area contributed by atoms with Crippen molar-refractivity contribution in [2.45, 2.75) is 26.2 Å². The van der Waals surface area contributed by atoms with E-state index < -0.39 is 15.9 Å². The zero-order valence-electron chi connectivity index (χ0n) is 9.68. The second kappa shape index (κ2) is 7.59. The standard InChI is InChI=1S/C9H21N3O3S/c1-2-3-6-12(8-9(11)13)16(14,15)7-4-5-10/h2-8,10H2,1H3,(H2,11,13). The molecule has 0 saturated heterocycles. The third-order valence-corrected chi connectivity index (χ3v) is 4.00. The molecule has 0 aromatic rings. The maximum absolute atomic E-state index is 11.8. The number of nitrogens with two attached hydrogens (primary N) is 2. The number of carbonyl (C=O) groups is 1. The number of rotatable bonds is 9. The van der Waals surface area contributed by atoms with Gasteiger partial charge in [0.15, 0.2) is 0 Å². The summed E-state index contributed by atoms with van der Waals surface area (Å²) in [5, 5.41) is 0. The van der Waals surface area contributed by atoms with Crippen LogP contribution in [0.25, 0.3) is 0 Å². The molecule has 0 radical (unpaired) electrons. The number of unbranched alkanes of at least 4 members (excludes halogenated alkanes) is 1. The van der Waals surface area contributed by atoms with Crippen LogP contribution in [0.1, 0.15) is 26.2 Å². The van der Waals surface area contributed by atoms with Crippen LogP contribution in [0.15, 0.2) is 0 Å². The molecule has 96 valence electrons. The third-order valence-electron chi connectivity index (χ3n) is 2.09. The van der Waals surface area contributed by atoms with Crippen LogP contribution in [-0.2, 0) is 14.8 Å². The minimum absolute atomic E-state index is 0.0273. The van der Waals surface area contributed by atoms with Crippen molar-refractivity contribution in [3.8, 4) is 0 Å². The van der Waals surface area contributed by atoms with Crippen LogP contribution in [0.4, 0.5) is 0 Å². The number of hydrogen-bond acceptors (Lipinski definition) is 4. The molecule has 0 aromatic carbocycles. The van der Waals surface area contributed by atoms with Crippen molar-refractivity contribution in [3.05, 3.63) is 0 Å². The van der Waals surface area contributed by atoms with E-state index >= 15 is 0 Å². The summed E-state index contributed by atoms with van der Waals surface area (Å²) in [7, 11) is -3.40. The highest BCUT2D eigenvalue weighted by Gasteiger charge is 2.22. The summed E-state index contributed by atoms with van der Waals surface area (Å²) in [6.07, 6.45) is 1.97. The highest BCUT2D eigenvalue weighted by atomic mass is 32.2. The van der Waals surface area contributed by atoms with E-state index in [0.717, 1.165) is 17.1 Å². The fourth-order valence-electron chi connectivity index (χ4n) is 1.22. The maximum Gasteiger partial charge on any atom is 0.232 e. The summed E-state index contributed by atoms with van der Waals surface area (Å²) in [5.41, 5.74) is 10.3. The van der Waals surface area contributed by atoms with Crippen LogP contribution in [0.3, 0.4) is 0 Å². The summed E-state index contributed by atoms with van der Waals surface area (Å²) < 4.78 is 24.7. The molecular weight excluding hydrogens is 230 g/mol. The average molecular weight is 251 g/mol. The normalized spacial score (nSPS) is 11.9. The lowest BCUT2D eigenvalue weighted by molar-refractivity contribution is -0.118. The molecule has 0 aliphatic heterocycles. The summed E-state index contributed by atoms with van der Waals surface area (Å²) in [6, 6.07) is 0. The smallest absolute Gasteiger partial charge is 0.232 e. The van der Waals surface area contributed by atoms with Gasteiger partial charge in [0.25, 0.3) is 0 Å². The first-order valence-electron chi connectivity index (χ1n) is 5.40. The van der Waals surface area contributed by atoms with Gasteiger partial charge in [-0.05, 0) is 19.4 Å². The van der Waals surface area contributed by atoms with Gasteiger partial charge in [0.1, 0.15) is 0 Å².